The van der Waals surface area contributed by atoms with E-state index in [0.717, 1.165) is 68.3 Å². The van der Waals surface area contributed by atoms with Gasteiger partial charge in [-0.25, -0.2) is 4.70 Å². The van der Waals surface area contributed by atoms with E-state index >= 15 is 0 Å². The zero-order chi connectivity index (χ0) is 29.9. The maximum atomic E-state index is 12.2. The first-order valence-corrected chi connectivity index (χ1v) is 17.0. The van der Waals surface area contributed by atoms with Gasteiger partial charge in [-0.15, -0.1) is 0 Å². The van der Waals surface area contributed by atoms with Crippen LogP contribution in [-0.2, 0) is 19.3 Å². The first-order valence-electron chi connectivity index (χ1n) is 17.0. The van der Waals surface area contributed by atoms with Gasteiger partial charge in [0, 0.05) is 22.3 Å². The van der Waals surface area contributed by atoms with Crippen LogP contribution in [0.2, 0.25) is 0 Å². The molecule has 0 amide bonds. The Morgan fingerprint density at radius 1 is 0.512 bits per heavy atom. The molecule has 3 rings (SSSR count). The highest BCUT2D eigenvalue weighted by Gasteiger charge is 2.36. The van der Waals surface area contributed by atoms with Crippen LogP contribution in [0.15, 0.2) is 35.4 Å². The van der Waals surface area contributed by atoms with Gasteiger partial charge in [-0.1, -0.05) is 86.0 Å². The first kappa shape index (κ1) is 33.0. The normalized spacial score (nSPS) is 13.7. The lowest BCUT2D eigenvalue weighted by atomic mass is 9.87. The molecule has 224 valence electrons. The van der Waals surface area contributed by atoms with Crippen LogP contribution in [0.1, 0.15) is 156 Å². The zero-order valence-corrected chi connectivity index (χ0v) is 27.8. The molecule has 2 nitrogen and oxygen atoms in total. The predicted molar refractivity (Wildman–Crippen MR) is 179 cm³/mol. The Hall–Kier alpha value is -2.48. The van der Waals surface area contributed by atoms with Crippen LogP contribution >= 0.6 is 0 Å². The summed E-state index contributed by atoms with van der Waals surface area (Å²) in [5, 5.41) is 0. The molecule has 1 heterocycles. The number of aryl methyl sites for hydroxylation is 4. The molecule has 41 heavy (non-hydrogen) atoms. The van der Waals surface area contributed by atoms with Crippen molar-refractivity contribution in [1.82, 2.24) is 0 Å². The quantitative estimate of drug-likeness (QED) is 0.137. The van der Waals surface area contributed by atoms with Gasteiger partial charge in [0.2, 0.25) is 11.4 Å². The Bertz CT molecular complexity index is 1210. The second kappa shape index (κ2) is 16.2. The van der Waals surface area contributed by atoms with Crippen molar-refractivity contribution in [1.29, 1.82) is 0 Å². The van der Waals surface area contributed by atoms with Gasteiger partial charge in [0.05, 0.1) is 0 Å². The Morgan fingerprint density at radius 3 is 1.41 bits per heavy atom. The molecule has 0 fully saturated rings. The molecule has 0 N–H and O–H groups in total. The van der Waals surface area contributed by atoms with E-state index < -0.39 is 0 Å². The van der Waals surface area contributed by atoms with Gasteiger partial charge in [0.25, 0.3) is 0 Å². The second-order valence-electron chi connectivity index (χ2n) is 12.5. The molecule has 1 aliphatic rings. The highest BCUT2D eigenvalue weighted by Crippen LogP contribution is 2.45. The fourth-order valence-electron chi connectivity index (χ4n) is 6.73. The van der Waals surface area contributed by atoms with E-state index in [-0.39, 0.29) is 0 Å². The summed E-state index contributed by atoms with van der Waals surface area (Å²) in [6.45, 7) is 18.1. The van der Waals surface area contributed by atoms with Crippen LogP contribution in [0.5, 0.6) is 0 Å². The van der Waals surface area contributed by atoms with E-state index in [2.05, 4.69) is 79.7 Å². The summed E-state index contributed by atoms with van der Waals surface area (Å²) in [7, 11) is 0. The van der Waals surface area contributed by atoms with E-state index in [1.54, 1.807) is 10.3 Å². The topological polar surface area (TPSA) is 25.3 Å². The summed E-state index contributed by atoms with van der Waals surface area (Å²) in [4.78, 5) is 0. The molecule has 0 unspecified atom stereocenters. The van der Waals surface area contributed by atoms with Crippen molar-refractivity contribution in [2.45, 2.75) is 152 Å². The lowest BCUT2D eigenvalue weighted by molar-refractivity contribution is -0.345. The summed E-state index contributed by atoms with van der Waals surface area (Å²) < 4.78 is 1.61. The third kappa shape index (κ3) is 7.88. The summed E-state index contributed by atoms with van der Waals surface area (Å²) in [5.41, 5.74) is 27.9. The molecule has 0 saturated carbocycles. The van der Waals surface area contributed by atoms with Crippen LogP contribution in [0.4, 0.5) is 0 Å². The van der Waals surface area contributed by atoms with E-state index in [1.165, 1.54) is 89.5 Å². The molecule has 1 aliphatic heterocycles. The van der Waals surface area contributed by atoms with Crippen molar-refractivity contribution < 1.29 is 4.70 Å². The number of hydrogen-bond acceptors (Lipinski definition) is 0. The number of nitrogens with zero attached hydrogens (tertiary/aromatic N) is 2. The number of rotatable bonds is 17. The average molecular weight is 555 g/mol. The molecular formula is C39H58N2. The van der Waals surface area contributed by atoms with Crippen molar-refractivity contribution in [3.05, 3.63) is 85.5 Å². The first-order chi connectivity index (χ1) is 19.8. The summed E-state index contributed by atoms with van der Waals surface area (Å²) in [6.07, 6.45) is 17.4. The van der Waals surface area contributed by atoms with E-state index in [0.29, 0.717) is 0 Å². The van der Waals surface area contributed by atoms with Crippen LogP contribution in [-0.4, -0.2) is 4.70 Å². The largest absolute Gasteiger partial charge is 0.493 e. The lowest BCUT2D eigenvalue weighted by Crippen LogP contribution is -2.07. The molecule has 0 radical (unpaired) electrons. The van der Waals surface area contributed by atoms with Gasteiger partial charge in [0.1, 0.15) is 0 Å². The highest BCUT2D eigenvalue weighted by atomic mass is 15.2. The van der Waals surface area contributed by atoms with Crippen LogP contribution in [0.3, 0.4) is 0 Å². The third-order valence-corrected chi connectivity index (χ3v) is 9.12. The Balaban J connectivity index is 2.28. The Labute approximate surface area is 252 Å². The number of benzene rings is 2. The third-order valence-electron chi connectivity index (χ3n) is 9.12. The fraction of sp³-hybridized carbons (Fsp3) is 0.590. The molecule has 2 heteroatoms. The molecule has 0 atom stereocenters. The predicted octanol–water partition coefficient (Wildman–Crippen LogP) is 12.2. The molecule has 2 aromatic rings. The van der Waals surface area contributed by atoms with Crippen LogP contribution < -0.4 is 0 Å². The number of unbranched alkanes of at least 4 members (excludes halogenated alkanes) is 5. The molecule has 2 aromatic carbocycles. The number of hydrogen-bond donors (Lipinski definition) is 0. The smallest absolute Gasteiger partial charge is 0.211 e. The van der Waals surface area contributed by atoms with Crippen molar-refractivity contribution in [2.24, 2.45) is 0 Å². The minimum Gasteiger partial charge on any atom is -0.493 e. The van der Waals surface area contributed by atoms with Crippen LogP contribution in [0, 0.1) is 20.8 Å². The maximum absolute atomic E-state index is 12.2. The van der Waals surface area contributed by atoms with Crippen molar-refractivity contribution in [3.8, 4) is 0 Å². The standard InChI is InChI=1S/C39H58N2/c1-9-14-16-18-23-37-36(22-17-15-10-2)38(33-24-28(6)30(8)29(7)25-33)41(40)39(37)34-26-31(19-11-3)35(21-13-5)32(27-34)20-12-4/h24-27H,9-23H2,1-8H3. The Kier molecular flexibility index (Phi) is 13.1. The average Bonchev–Trinajstić information content (AvgIpc) is 3.22. The summed E-state index contributed by atoms with van der Waals surface area (Å²) in [6, 6.07) is 9.48. The lowest BCUT2D eigenvalue weighted by Gasteiger charge is -2.18. The summed E-state index contributed by atoms with van der Waals surface area (Å²) >= 11 is 0. The Morgan fingerprint density at radius 2 is 0.951 bits per heavy atom. The zero-order valence-electron chi connectivity index (χ0n) is 27.8. The number of allylic oxidation sites excluding steroid dienone is 2. The molecule has 0 aromatic heterocycles. The highest BCUT2D eigenvalue weighted by molar-refractivity contribution is 5.83. The monoisotopic (exact) mass is 554 g/mol. The van der Waals surface area contributed by atoms with E-state index in [1.807, 2.05) is 0 Å². The van der Waals surface area contributed by atoms with Gasteiger partial charge in [-0.05, 0) is 123 Å². The molecule has 0 spiro atoms. The molecule has 0 bridgehead atoms. The second-order valence-corrected chi connectivity index (χ2v) is 12.5. The van der Waals surface area contributed by atoms with Crippen molar-refractivity contribution in [3.63, 3.8) is 0 Å². The molecule has 0 saturated heterocycles. The SMILES string of the molecule is CCCCCCC1=C(c2cc(CCC)c(CCC)c(CCC)c2)[N+](=[N-])C(c2cc(C)c(C)c(C)c2)=C1CCCCC. The van der Waals surface area contributed by atoms with Gasteiger partial charge < -0.3 is 5.53 Å². The van der Waals surface area contributed by atoms with E-state index in [4.69, 9.17) is 0 Å². The van der Waals surface area contributed by atoms with Crippen molar-refractivity contribution >= 4 is 11.4 Å². The minimum absolute atomic E-state index is 1.02. The fourth-order valence-corrected chi connectivity index (χ4v) is 6.73. The van der Waals surface area contributed by atoms with Gasteiger partial charge in [0.15, 0.2) is 0 Å². The maximum Gasteiger partial charge on any atom is 0.211 e. The van der Waals surface area contributed by atoms with E-state index in [9.17, 15) is 5.53 Å². The molecular weight excluding hydrogens is 496 g/mol. The van der Waals surface area contributed by atoms with Crippen molar-refractivity contribution in [2.75, 3.05) is 0 Å². The minimum atomic E-state index is 1.02. The van der Waals surface area contributed by atoms with Gasteiger partial charge >= 0.3 is 0 Å². The summed E-state index contributed by atoms with van der Waals surface area (Å²) in [5.74, 6) is 0. The van der Waals surface area contributed by atoms with Gasteiger partial charge in [-0.2, -0.15) is 0 Å². The molecule has 0 aliphatic carbocycles. The van der Waals surface area contributed by atoms with Crippen LogP contribution in [0.25, 0.3) is 16.9 Å². The van der Waals surface area contributed by atoms with Gasteiger partial charge in [-0.3, -0.25) is 0 Å².